The van der Waals surface area contributed by atoms with E-state index >= 15 is 0 Å². The topological polar surface area (TPSA) is 30.0 Å². The molecule has 1 atom stereocenters. The Bertz CT molecular complexity index is 417. The van der Waals surface area contributed by atoms with Gasteiger partial charge in [0.05, 0.1) is 0 Å². The average Bonchev–Trinajstić information content (AvgIpc) is 2.45. The fourth-order valence-corrected chi connectivity index (χ4v) is 4.89. The maximum atomic E-state index is 11.5. The lowest BCUT2D eigenvalue weighted by Gasteiger charge is -2.56. The number of nitrogens with zero attached hydrogens (tertiary/aromatic N) is 4. The fourth-order valence-electron chi connectivity index (χ4n) is 4.89. The van der Waals surface area contributed by atoms with E-state index in [4.69, 9.17) is 0 Å². The number of piperazine rings is 2. The van der Waals surface area contributed by atoms with Crippen LogP contribution in [0.3, 0.4) is 0 Å². The molecule has 3 rings (SSSR count). The Kier molecular flexibility index (Phi) is 4.49. The van der Waals surface area contributed by atoms with Gasteiger partial charge in [-0.25, -0.2) is 0 Å². The van der Waals surface area contributed by atoms with Crippen molar-refractivity contribution in [1.82, 2.24) is 19.6 Å². The van der Waals surface area contributed by atoms with Crippen molar-refractivity contribution in [2.75, 3.05) is 52.9 Å². The van der Waals surface area contributed by atoms with E-state index in [1.165, 1.54) is 32.7 Å². The summed E-state index contributed by atoms with van der Waals surface area (Å²) in [6.45, 7) is 14.3. The molecule has 3 fully saturated rings. The molecule has 3 saturated heterocycles. The standard InChI is InChI=1S/C17H32N4O/c1-14(22)19-7-5-15(6-8-19)20-9-10-21-16(12-20)11-18(4)13-17(21,2)3/h15-16H,5-13H2,1-4H3. The van der Waals surface area contributed by atoms with E-state index in [2.05, 4.69) is 35.6 Å². The van der Waals surface area contributed by atoms with Crippen LogP contribution < -0.4 is 0 Å². The Morgan fingerprint density at radius 3 is 2.32 bits per heavy atom. The second-order valence-electron chi connectivity index (χ2n) is 8.09. The Morgan fingerprint density at radius 1 is 1.00 bits per heavy atom. The number of amides is 1. The molecule has 0 aromatic carbocycles. The minimum absolute atomic E-state index is 0.235. The van der Waals surface area contributed by atoms with Crippen LogP contribution in [0.2, 0.25) is 0 Å². The zero-order valence-corrected chi connectivity index (χ0v) is 14.7. The Balaban J connectivity index is 1.59. The molecule has 0 radical (unpaired) electrons. The Morgan fingerprint density at radius 2 is 1.68 bits per heavy atom. The smallest absolute Gasteiger partial charge is 0.219 e. The summed E-state index contributed by atoms with van der Waals surface area (Å²) < 4.78 is 0. The molecular weight excluding hydrogens is 276 g/mol. The highest BCUT2D eigenvalue weighted by Crippen LogP contribution is 2.29. The van der Waals surface area contributed by atoms with Gasteiger partial charge in [-0.1, -0.05) is 0 Å². The third-order valence-electron chi connectivity index (χ3n) is 5.90. The van der Waals surface area contributed by atoms with Gasteiger partial charge in [0.25, 0.3) is 0 Å². The maximum absolute atomic E-state index is 11.5. The molecule has 3 aliphatic heterocycles. The van der Waals surface area contributed by atoms with E-state index in [9.17, 15) is 4.79 Å². The Labute approximate surface area is 135 Å². The highest BCUT2D eigenvalue weighted by atomic mass is 16.2. The normalized spacial score (nSPS) is 32.0. The van der Waals surface area contributed by atoms with Gasteiger partial charge in [0, 0.05) is 70.4 Å². The molecule has 0 N–H and O–H groups in total. The van der Waals surface area contributed by atoms with Gasteiger partial charge in [-0.3, -0.25) is 14.6 Å². The number of fused-ring (bicyclic) bond motifs is 1. The number of likely N-dealkylation sites (tertiary alicyclic amines) is 1. The first kappa shape index (κ1) is 16.2. The van der Waals surface area contributed by atoms with Crippen molar-refractivity contribution in [2.45, 2.75) is 51.2 Å². The SMILES string of the molecule is CC(=O)N1CCC(N2CCN3C(CN(C)CC3(C)C)C2)CC1. The van der Waals surface area contributed by atoms with Gasteiger partial charge in [0.2, 0.25) is 5.91 Å². The molecule has 5 heteroatoms. The summed E-state index contributed by atoms with van der Waals surface area (Å²) in [6.07, 6.45) is 2.29. The van der Waals surface area contributed by atoms with E-state index in [0.717, 1.165) is 25.9 Å². The Hall–Kier alpha value is -0.650. The van der Waals surface area contributed by atoms with Crippen LogP contribution in [0.5, 0.6) is 0 Å². The second kappa shape index (κ2) is 6.10. The summed E-state index contributed by atoms with van der Waals surface area (Å²) in [5.74, 6) is 0.235. The molecular formula is C17H32N4O. The zero-order chi connectivity index (χ0) is 15.9. The summed E-state index contributed by atoms with van der Waals surface area (Å²) >= 11 is 0. The predicted molar refractivity (Wildman–Crippen MR) is 88.9 cm³/mol. The lowest BCUT2D eigenvalue weighted by atomic mass is 9.92. The van der Waals surface area contributed by atoms with Gasteiger partial charge < -0.3 is 9.80 Å². The van der Waals surface area contributed by atoms with Crippen LogP contribution in [0, 0.1) is 0 Å². The molecule has 0 saturated carbocycles. The molecule has 126 valence electrons. The van der Waals surface area contributed by atoms with Gasteiger partial charge in [-0.15, -0.1) is 0 Å². The van der Waals surface area contributed by atoms with Crippen LogP contribution >= 0.6 is 0 Å². The van der Waals surface area contributed by atoms with Crippen molar-refractivity contribution in [2.24, 2.45) is 0 Å². The number of hydrogen-bond donors (Lipinski definition) is 0. The van der Waals surface area contributed by atoms with Crippen LogP contribution in [0.15, 0.2) is 0 Å². The van der Waals surface area contributed by atoms with E-state index < -0.39 is 0 Å². The number of piperidine rings is 1. The summed E-state index contributed by atoms with van der Waals surface area (Å²) in [5.41, 5.74) is 0.293. The minimum atomic E-state index is 0.235. The zero-order valence-electron chi connectivity index (χ0n) is 14.7. The van der Waals surface area contributed by atoms with Crippen molar-refractivity contribution in [1.29, 1.82) is 0 Å². The third-order valence-corrected chi connectivity index (χ3v) is 5.90. The largest absolute Gasteiger partial charge is 0.343 e. The number of rotatable bonds is 1. The van der Waals surface area contributed by atoms with Crippen molar-refractivity contribution in [3.05, 3.63) is 0 Å². The van der Waals surface area contributed by atoms with Crippen LogP contribution in [0.25, 0.3) is 0 Å². The summed E-state index contributed by atoms with van der Waals surface area (Å²) in [5, 5.41) is 0. The minimum Gasteiger partial charge on any atom is -0.343 e. The molecule has 22 heavy (non-hydrogen) atoms. The van der Waals surface area contributed by atoms with E-state index in [1.54, 1.807) is 6.92 Å². The van der Waals surface area contributed by atoms with Crippen molar-refractivity contribution < 1.29 is 4.79 Å². The number of hydrogen-bond acceptors (Lipinski definition) is 4. The number of carbonyl (C=O) groups is 1. The van der Waals surface area contributed by atoms with Gasteiger partial charge >= 0.3 is 0 Å². The molecule has 0 aliphatic carbocycles. The first-order chi connectivity index (χ1) is 10.4. The first-order valence-electron chi connectivity index (χ1n) is 8.82. The first-order valence-corrected chi connectivity index (χ1v) is 8.82. The van der Waals surface area contributed by atoms with Crippen molar-refractivity contribution in [3.63, 3.8) is 0 Å². The van der Waals surface area contributed by atoms with Crippen LogP contribution in [0.4, 0.5) is 0 Å². The fraction of sp³-hybridized carbons (Fsp3) is 0.941. The van der Waals surface area contributed by atoms with E-state index in [0.29, 0.717) is 17.6 Å². The molecule has 1 unspecified atom stereocenters. The molecule has 5 nitrogen and oxygen atoms in total. The summed E-state index contributed by atoms with van der Waals surface area (Å²) in [7, 11) is 2.25. The van der Waals surface area contributed by atoms with Gasteiger partial charge in [-0.2, -0.15) is 0 Å². The average molecular weight is 308 g/mol. The van der Waals surface area contributed by atoms with Crippen LogP contribution in [-0.4, -0.2) is 96.0 Å². The van der Waals surface area contributed by atoms with Gasteiger partial charge in [0.1, 0.15) is 0 Å². The van der Waals surface area contributed by atoms with E-state index in [-0.39, 0.29) is 5.91 Å². The molecule has 0 spiro atoms. The van der Waals surface area contributed by atoms with Crippen LogP contribution in [0.1, 0.15) is 33.6 Å². The monoisotopic (exact) mass is 308 g/mol. The highest BCUT2D eigenvalue weighted by Gasteiger charge is 2.42. The third kappa shape index (κ3) is 3.17. The quantitative estimate of drug-likeness (QED) is 0.714. The lowest BCUT2D eigenvalue weighted by Crippen LogP contribution is -2.70. The molecule has 0 aromatic rings. The highest BCUT2D eigenvalue weighted by molar-refractivity contribution is 5.73. The summed E-state index contributed by atoms with van der Waals surface area (Å²) in [4.78, 5) is 21.4. The maximum Gasteiger partial charge on any atom is 0.219 e. The molecule has 0 aromatic heterocycles. The molecule has 3 aliphatic rings. The summed E-state index contributed by atoms with van der Waals surface area (Å²) in [6, 6.07) is 1.33. The van der Waals surface area contributed by atoms with E-state index in [1.807, 2.05) is 4.90 Å². The predicted octanol–water partition coefficient (Wildman–Crippen LogP) is 0.708. The molecule has 0 bridgehead atoms. The van der Waals surface area contributed by atoms with Crippen molar-refractivity contribution >= 4 is 5.91 Å². The molecule has 3 heterocycles. The number of carbonyl (C=O) groups excluding carboxylic acids is 1. The van der Waals surface area contributed by atoms with Crippen LogP contribution in [-0.2, 0) is 4.79 Å². The molecule has 1 amide bonds. The van der Waals surface area contributed by atoms with Crippen molar-refractivity contribution in [3.8, 4) is 0 Å². The second-order valence-corrected chi connectivity index (χ2v) is 8.09. The van der Waals surface area contributed by atoms with Gasteiger partial charge in [-0.05, 0) is 33.7 Å². The van der Waals surface area contributed by atoms with Gasteiger partial charge in [0.15, 0.2) is 0 Å². The lowest BCUT2D eigenvalue weighted by molar-refractivity contribution is -0.131. The number of likely N-dealkylation sites (N-methyl/N-ethyl adjacent to an activating group) is 1.